The molecule has 1 unspecified atom stereocenters. The second-order valence-corrected chi connectivity index (χ2v) is 6.32. The summed E-state index contributed by atoms with van der Waals surface area (Å²) in [7, 11) is 0. The van der Waals surface area contributed by atoms with Gasteiger partial charge in [0.1, 0.15) is 5.69 Å². The number of fused-ring (bicyclic) bond motifs is 1. The lowest BCUT2D eigenvalue weighted by atomic mass is 9.97. The van der Waals surface area contributed by atoms with Crippen LogP contribution in [0.2, 0.25) is 0 Å². The van der Waals surface area contributed by atoms with Crippen molar-refractivity contribution in [3.05, 3.63) is 71.8 Å². The van der Waals surface area contributed by atoms with E-state index >= 15 is 0 Å². The van der Waals surface area contributed by atoms with Gasteiger partial charge in [0, 0.05) is 6.54 Å². The molecule has 1 saturated heterocycles. The summed E-state index contributed by atoms with van der Waals surface area (Å²) in [6.45, 7) is 0.648. The number of likely N-dealkylation sites (tertiary alicyclic amines) is 1. The van der Waals surface area contributed by atoms with Gasteiger partial charge in [0.2, 0.25) is 0 Å². The number of hydrogen-bond acceptors (Lipinski definition) is 4. The molecule has 2 aromatic carbocycles. The lowest BCUT2D eigenvalue weighted by Gasteiger charge is -2.25. The van der Waals surface area contributed by atoms with Gasteiger partial charge in [-0.05, 0) is 29.2 Å². The number of carbonyl (C=O) groups excluding carboxylic acids is 1. The third-order valence-electron chi connectivity index (χ3n) is 4.79. The maximum absolute atomic E-state index is 12.9. The van der Waals surface area contributed by atoms with Gasteiger partial charge >= 0.3 is 5.97 Å². The van der Waals surface area contributed by atoms with Gasteiger partial charge in [0.25, 0.3) is 5.91 Å². The normalized spacial score (nSPS) is 16.8. The molecule has 0 radical (unpaired) electrons. The number of nitrogens with zero attached hydrogens (tertiary/aromatic N) is 3. The summed E-state index contributed by atoms with van der Waals surface area (Å²) < 4.78 is 0. The van der Waals surface area contributed by atoms with Crippen molar-refractivity contribution in [1.82, 2.24) is 14.9 Å². The van der Waals surface area contributed by atoms with E-state index in [9.17, 15) is 9.59 Å². The lowest BCUT2D eigenvalue weighted by molar-refractivity contribution is 0.0683. The highest BCUT2D eigenvalue weighted by Gasteiger charge is 2.32. The van der Waals surface area contributed by atoms with Gasteiger partial charge in [0.05, 0.1) is 18.4 Å². The second kappa shape index (κ2) is 6.55. The molecule has 1 aromatic heterocycles. The van der Waals surface area contributed by atoms with Crippen LogP contribution in [0.5, 0.6) is 0 Å². The number of aromatic carboxylic acids is 1. The number of carboxylic acid groups (broad SMARTS) is 1. The van der Waals surface area contributed by atoms with Crippen LogP contribution in [0, 0.1) is 0 Å². The largest absolute Gasteiger partial charge is 0.476 e. The fourth-order valence-corrected chi connectivity index (χ4v) is 3.57. The van der Waals surface area contributed by atoms with Gasteiger partial charge in [-0.2, -0.15) is 0 Å². The van der Waals surface area contributed by atoms with E-state index in [-0.39, 0.29) is 23.3 Å². The van der Waals surface area contributed by atoms with Crippen molar-refractivity contribution in [2.24, 2.45) is 0 Å². The number of carbonyl (C=O) groups is 2. The number of carboxylic acids is 1. The van der Waals surface area contributed by atoms with Crippen molar-refractivity contribution in [1.29, 1.82) is 0 Å². The quantitative estimate of drug-likeness (QED) is 0.786. The fourth-order valence-electron chi connectivity index (χ4n) is 3.57. The predicted octanol–water partition coefficient (Wildman–Crippen LogP) is 3.31. The van der Waals surface area contributed by atoms with Gasteiger partial charge < -0.3 is 10.0 Å². The molecule has 3 aromatic rings. The molecule has 6 heteroatoms. The molecule has 1 N–H and O–H groups in total. The summed E-state index contributed by atoms with van der Waals surface area (Å²) in [6, 6.07) is 14.3. The second-order valence-electron chi connectivity index (χ2n) is 6.32. The summed E-state index contributed by atoms with van der Waals surface area (Å²) in [5.74, 6) is -1.38. The van der Waals surface area contributed by atoms with Gasteiger partial charge in [-0.3, -0.25) is 4.79 Å². The molecule has 0 aliphatic carbocycles. The molecule has 1 aliphatic heterocycles. The van der Waals surface area contributed by atoms with Crippen LogP contribution in [0.3, 0.4) is 0 Å². The summed E-state index contributed by atoms with van der Waals surface area (Å²) in [6.07, 6.45) is 4.17. The van der Waals surface area contributed by atoms with Crippen LogP contribution in [0.4, 0.5) is 0 Å². The topological polar surface area (TPSA) is 83.4 Å². The third kappa shape index (κ3) is 2.79. The highest BCUT2D eigenvalue weighted by Crippen LogP contribution is 2.36. The van der Waals surface area contributed by atoms with E-state index in [2.05, 4.69) is 34.2 Å². The molecule has 130 valence electrons. The van der Waals surface area contributed by atoms with Crippen LogP contribution in [-0.2, 0) is 0 Å². The minimum absolute atomic E-state index is 0.0189. The monoisotopic (exact) mass is 347 g/mol. The zero-order chi connectivity index (χ0) is 18.1. The van der Waals surface area contributed by atoms with Crippen LogP contribution in [0.15, 0.2) is 54.9 Å². The molecule has 4 rings (SSSR count). The average Bonchev–Trinajstić information content (AvgIpc) is 3.16. The maximum Gasteiger partial charge on any atom is 0.356 e. The molecule has 6 nitrogen and oxygen atoms in total. The first kappa shape index (κ1) is 16.2. The van der Waals surface area contributed by atoms with E-state index in [0.29, 0.717) is 6.54 Å². The molecular formula is C20H17N3O3. The molecule has 0 bridgehead atoms. The summed E-state index contributed by atoms with van der Waals surface area (Å²) in [4.78, 5) is 33.4. The van der Waals surface area contributed by atoms with Crippen molar-refractivity contribution in [2.45, 2.75) is 18.9 Å². The Labute approximate surface area is 150 Å². The van der Waals surface area contributed by atoms with E-state index < -0.39 is 5.97 Å². The SMILES string of the molecule is O=C(O)c1cnc(C(=O)N2CCCC2c2cccc3ccccc23)cn1. The van der Waals surface area contributed by atoms with Crippen molar-refractivity contribution in [3.8, 4) is 0 Å². The standard InChI is InChI=1S/C20H17N3O3/c24-19(16-11-22-17(12-21-16)20(25)26)23-10-4-9-18(23)15-8-3-6-13-5-1-2-7-14(13)15/h1-3,5-8,11-12,18H,4,9-10H2,(H,25,26). The van der Waals surface area contributed by atoms with Crippen molar-refractivity contribution >= 4 is 22.6 Å². The molecule has 26 heavy (non-hydrogen) atoms. The predicted molar refractivity (Wildman–Crippen MR) is 96.0 cm³/mol. The first-order valence-corrected chi connectivity index (χ1v) is 8.49. The van der Waals surface area contributed by atoms with E-state index in [1.807, 2.05) is 23.1 Å². The van der Waals surface area contributed by atoms with Crippen LogP contribution in [0.25, 0.3) is 10.8 Å². The minimum atomic E-state index is -1.16. The number of benzene rings is 2. The number of rotatable bonds is 3. The van der Waals surface area contributed by atoms with E-state index in [1.165, 1.54) is 6.20 Å². The molecular weight excluding hydrogens is 330 g/mol. The van der Waals surface area contributed by atoms with E-state index in [0.717, 1.165) is 35.4 Å². The zero-order valence-corrected chi connectivity index (χ0v) is 14.0. The Hall–Kier alpha value is -3.28. The first-order valence-electron chi connectivity index (χ1n) is 8.49. The van der Waals surface area contributed by atoms with Gasteiger partial charge in [0.15, 0.2) is 5.69 Å². The Morgan fingerprint density at radius 1 is 1.00 bits per heavy atom. The number of aromatic nitrogens is 2. The Balaban J connectivity index is 1.67. The Bertz CT molecular complexity index is 980. The lowest BCUT2D eigenvalue weighted by Crippen LogP contribution is -2.31. The molecule has 1 aliphatic rings. The summed E-state index contributed by atoms with van der Waals surface area (Å²) >= 11 is 0. The van der Waals surface area contributed by atoms with Gasteiger partial charge in [-0.25, -0.2) is 14.8 Å². The van der Waals surface area contributed by atoms with Gasteiger partial charge in [-0.15, -0.1) is 0 Å². The Morgan fingerprint density at radius 2 is 1.73 bits per heavy atom. The molecule has 2 heterocycles. The fraction of sp³-hybridized carbons (Fsp3) is 0.200. The Kier molecular flexibility index (Phi) is 4.08. The van der Waals surface area contributed by atoms with E-state index in [1.54, 1.807) is 0 Å². The van der Waals surface area contributed by atoms with E-state index in [4.69, 9.17) is 5.11 Å². The van der Waals surface area contributed by atoms with Crippen molar-refractivity contribution in [2.75, 3.05) is 6.54 Å². The highest BCUT2D eigenvalue weighted by atomic mass is 16.4. The number of hydrogen-bond donors (Lipinski definition) is 1. The third-order valence-corrected chi connectivity index (χ3v) is 4.79. The van der Waals surface area contributed by atoms with Crippen LogP contribution in [-0.4, -0.2) is 38.4 Å². The number of amides is 1. The molecule has 0 saturated carbocycles. The molecule has 1 atom stereocenters. The highest BCUT2D eigenvalue weighted by molar-refractivity contribution is 5.94. The van der Waals surface area contributed by atoms with Crippen LogP contribution >= 0.6 is 0 Å². The Morgan fingerprint density at radius 3 is 2.50 bits per heavy atom. The smallest absolute Gasteiger partial charge is 0.356 e. The molecule has 0 spiro atoms. The zero-order valence-electron chi connectivity index (χ0n) is 14.0. The van der Waals surface area contributed by atoms with Gasteiger partial charge in [-0.1, -0.05) is 42.5 Å². The molecule has 1 amide bonds. The molecule has 1 fully saturated rings. The van der Waals surface area contributed by atoms with Crippen molar-refractivity contribution < 1.29 is 14.7 Å². The van der Waals surface area contributed by atoms with Crippen LogP contribution < -0.4 is 0 Å². The minimum Gasteiger partial charge on any atom is -0.476 e. The summed E-state index contributed by atoms with van der Waals surface area (Å²) in [5, 5.41) is 11.2. The van der Waals surface area contributed by atoms with Crippen molar-refractivity contribution in [3.63, 3.8) is 0 Å². The van der Waals surface area contributed by atoms with Crippen LogP contribution in [0.1, 0.15) is 45.4 Å². The average molecular weight is 347 g/mol. The maximum atomic E-state index is 12.9. The first-order chi connectivity index (χ1) is 12.6. The summed E-state index contributed by atoms with van der Waals surface area (Å²) in [5.41, 5.74) is 1.12.